The Labute approximate surface area is 248 Å². The van der Waals surface area contributed by atoms with Crippen LogP contribution in [-0.4, -0.2) is 50.2 Å². The highest BCUT2D eigenvalue weighted by atomic mass is 19.4. The van der Waals surface area contributed by atoms with Gasteiger partial charge in [-0.1, -0.05) is 78.9 Å². The number of methoxy groups -OCH3 is 2. The lowest BCUT2D eigenvalue weighted by atomic mass is 9.86. The van der Waals surface area contributed by atoms with Crippen LogP contribution in [0.5, 0.6) is 5.75 Å². The van der Waals surface area contributed by atoms with E-state index in [4.69, 9.17) is 23.7 Å². The molecule has 1 aliphatic heterocycles. The minimum absolute atomic E-state index is 0.0363. The Morgan fingerprint density at radius 1 is 0.659 bits per heavy atom. The molecule has 7 nitrogen and oxygen atoms in total. The maximum absolute atomic E-state index is 14.7. The third-order valence-electron chi connectivity index (χ3n) is 7.37. The number of rotatable bonds is 8. The van der Waals surface area contributed by atoms with Crippen LogP contribution in [0.3, 0.4) is 0 Å². The molecule has 4 atom stereocenters. The maximum Gasteiger partial charge on any atom is 0.432 e. The highest BCUT2D eigenvalue weighted by Crippen LogP contribution is 2.49. The molecule has 3 aromatic carbocycles. The van der Waals surface area contributed by atoms with Crippen molar-refractivity contribution in [2.45, 2.75) is 55.2 Å². The molecular formula is C31H28F6O7. The quantitative estimate of drug-likeness (QED) is 0.207. The number of benzene rings is 3. The third-order valence-corrected chi connectivity index (χ3v) is 7.37. The zero-order valence-corrected chi connectivity index (χ0v) is 23.9. The van der Waals surface area contributed by atoms with Gasteiger partial charge >= 0.3 is 24.3 Å². The molecule has 236 valence electrons. The van der Waals surface area contributed by atoms with Crippen LogP contribution in [0.25, 0.3) is 0 Å². The van der Waals surface area contributed by atoms with Crippen LogP contribution >= 0.6 is 0 Å². The minimum Gasteiger partial charge on any atom is -0.483 e. The van der Waals surface area contributed by atoms with E-state index in [9.17, 15) is 35.9 Å². The van der Waals surface area contributed by atoms with Crippen LogP contribution < -0.4 is 4.74 Å². The summed E-state index contributed by atoms with van der Waals surface area (Å²) < 4.78 is 114. The maximum atomic E-state index is 14.7. The number of para-hydroxylation sites is 1. The monoisotopic (exact) mass is 626 g/mol. The average Bonchev–Trinajstić information content (AvgIpc) is 2.95. The van der Waals surface area contributed by atoms with Crippen molar-refractivity contribution in [3.8, 4) is 5.75 Å². The van der Waals surface area contributed by atoms with Gasteiger partial charge in [0.1, 0.15) is 11.4 Å². The summed E-state index contributed by atoms with van der Waals surface area (Å²) in [5.74, 6) is -3.87. The first-order chi connectivity index (χ1) is 20.6. The van der Waals surface area contributed by atoms with Gasteiger partial charge in [-0.05, 0) is 19.9 Å². The molecule has 0 saturated heterocycles. The number of ether oxygens (including phenoxy) is 5. The second kappa shape index (κ2) is 11.8. The molecule has 0 amide bonds. The standard InChI is InChI=1S/C31H28F6O7/c1-27(2)24(43-26(39)29(41-4,31(35,36)37)20-15-9-6-10-16-20)23(21-17-11-12-18-22(21)44-27)42-25(38)28(40-3,30(32,33)34)19-13-7-5-8-14-19/h5-18,23-24H,1-4H3/t23-,24-,28?,29?/m0/s1. The van der Waals surface area contributed by atoms with Crippen molar-refractivity contribution in [1.29, 1.82) is 0 Å². The number of carbonyl (C=O) groups excluding carboxylic acids is 2. The fourth-order valence-electron chi connectivity index (χ4n) is 5.18. The summed E-state index contributed by atoms with van der Waals surface area (Å²) in [7, 11) is 1.32. The predicted molar refractivity (Wildman–Crippen MR) is 142 cm³/mol. The molecule has 3 aromatic rings. The van der Waals surface area contributed by atoms with E-state index in [0.29, 0.717) is 14.2 Å². The Kier molecular flexibility index (Phi) is 8.78. The number of fused-ring (bicyclic) bond motifs is 1. The number of esters is 2. The van der Waals surface area contributed by atoms with Crippen LogP contribution in [-0.2, 0) is 39.7 Å². The highest BCUT2D eigenvalue weighted by Gasteiger charge is 2.67. The lowest BCUT2D eigenvalue weighted by Gasteiger charge is -2.45. The Morgan fingerprint density at radius 2 is 1.07 bits per heavy atom. The molecule has 44 heavy (non-hydrogen) atoms. The van der Waals surface area contributed by atoms with Crippen molar-refractivity contribution < 1.29 is 59.6 Å². The van der Waals surface area contributed by atoms with Crippen molar-refractivity contribution in [1.82, 2.24) is 0 Å². The molecule has 0 fully saturated rings. The van der Waals surface area contributed by atoms with Gasteiger partial charge < -0.3 is 23.7 Å². The molecule has 2 unspecified atom stereocenters. The molecule has 4 rings (SSSR count). The Hall–Kier alpha value is -4.10. The van der Waals surface area contributed by atoms with Crippen LogP contribution in [0.2, 0.25) is 0 Å². The smallest absolute Gasteiger partial charge is 0.432 e. The summed E-state index contributed by atoms with van der Waals surface area (Å²) in [6, 6.07) is 17.6. The summed E-state index contributed by atoms with van der Waals surface area (Å²) >= 11 is 0. The van der Waals surface area contributed by atoms with E-state index in [1.807, 2.05) is 0 Å². The van der Waals surface area contributed by atoms with Gasteiger partial charge in [0.25, 0.3) is 11.2 Å². The molecule has 0 aromatic heterocycles. The predicted octanol–water partition coefficient (Wildman–Crippen LogP) is 6.56. The van der Waals surface area contributed by atoms with Gasteiger partial charge in [-0.15, -0.1) is 0 Å². The van der Waals surface area contributed by atoms with E-state index in [-0.39, 0.29) is 11.3 Å². The van der Waals surface area contributed by atoms with Crippen LogP contribution in [0.4, 0.5) is 26.3 Å². The van der Waals surface area contributed by atoms with E-state index in [1.165, 1.54) is 74.5 Å². The first kappa shape index (κ1) is 32.8. The molecule has 0 bridgehead atoms. The second-order valence-corrected chi connectivity index (χ2v) is 10.4. The van der Waals surface area contributed by atoms with E-state index >= 15 is 0 Å². The lowest BCUT2D eigenvalue weighted by molar-refractivity contribution is -0.290. The van der Waals surface area contributed by atoms with Crippen LogP contribution in [0.1, 0.15) is 36.6 Å². The molecule has 1 aliphatic rings. The summed E-state index contributed by atoms with van der Waals surface area (Å²) in [5.41, 5.74) is -10.3. The van der Waals surface area contributed by atoms with Crippen LogP contribution in [0, 0.1) is 0 Å². The Morgan fingerprint density at radius 3 is 1.50 bits per heavy atom. The molecular weight excluding hydrogens is 598 g/mol. The van der Waals surface area contributed by atoms with E-state index in [2.05, 4.69) is 0 Å². The van der Waals surface area contributed by atoms with Gasteiger partial charge in [-0.2, -0.15) is 26.3 Å². The Bertz CT molecular complexity index is 1480. The third kappa shape index (κ3) is 5.38. The van der Waals surface area contributed by atoms with Crippen LogP contribution in [0.15, 0.2) is 84.9 Å². The van der Waals surface area contributed by atoms with E-state index < -0.39 is 64.4 Å². The highest BCUT2D eigenvalue weighted by molar-refractivity contribution is 5.84. The number of halogens is 6. The van der Waals surface area contributed by atoms with Crippen molar-refractivity contribution >= 4 is 11.9 Å². The number of alkyl halides is 6. The Balaban J connectivity index is 1.85. The fraction of sp³-hybridized carbons (Fsp3) is 0.355. The van der Waals surface area contributed by atoms with Crippen molar-refractivity contribution in [2.24, 2.45) is 0 Å². The van der Waals surface area contributed by atoms with Gasteiger partial charge in [-0.3, -0.25) is 0 Å². The normalized spacial score (nSPS) is 20.7. The number of hydrogen-bond donors (Lipinski definition) is 0. The van der Waals surface area contributed by atoms with Gasteiger partial charge in [0.15, 0.2) is 12.2 Å². The summed E-state index contributed by atoms with van der Waals surface area (Å²) in [6.45, 7) is 2.63. The van der Waals surface area contributed by atoms with Crippen molar-refractivity contribution in [3.05, 3.63) is 102 Å². The number of carbonyl (C=O) groups is 2. The van der Waals surface area contributed by atoms with E-state index in [0.717, 1.165) is 24.3 Å². The summed E-state index contributed by atoms with van der Waals surface area (Å²) in [5, 5.41) is 0. The topological polar surface area (TPSA) is 80.3 Å². The van der Waals surface area contributed by atoms with E-state index in [1.54, 1.807) is 0 Å². The second-order valence-electron chi connectivity index (χ2n) is 10.4. The van der Waals surface area contributed by atoms with Crippen molar-refractivity contribution in [3.63, 3.8) is 0 Å². The zero-order chi connectivity index (χ0) is 32.6. The first-order valence-electron chi connectivity index (χ1n) is 13.1. The molecule has 0 spiro atoms. The number of hydrogen-bond acceptors (Lipinski definition) is 7. The lowest BCUT2D eigenvalue weighted by Crippen LogP contribution is -2.58. The molecule has 1 heterocycles. The van der Waals surface area contributed by atoms with Gasteiger partial charge in [0, 0.05) is 30.9 Å². The SMILES string of the molecule is COC(C(=O)O[C@H]1c2ccccc2OC(C)(C)[C@H]1OC(=O)C(OC)(c1ccccc1)C(F)(F)F)(c1ccccc1)C(F)(F)F. The first-order valence-corrected chi connectivity index (χ1v) is 13.1. The summed E-state index contributed by atoms with van der Waals surface area (Å²) in [4.78, 5) is 27.3. The molecule has 0 saturated carbocycles. The molecule has 0 radical (unpaired) electrons. The fourth-order valence-corrected chi connectivity index (χ4v) is 5.18. The van der Waals surface area contributed by atoms with Gasteiger partial charge in [0.05, 0.1) is 0 Å². The average molecular weight is 627 g/mol. The van der Waals surface area contributed by atoms with Gasteiger partial charge in [-0.25, -0.2) is 9.59 Å². The molecule has 0 N–H and O–H groups in total. The van der Waals surface area contributed by atoms with Crippen molar-refractivity contribution in [2.75, 3.05) is 14.2 Å². The minimum atomic E-state index is -5.36. The zero-order valence-electron chi connectivity index (χ0n) is 23.9. The largest absolute Gasteiger partial charge is 0.483 e. The molecule has 13 heteroatoms. The summed E-state index contributed by atoms with van der Waals surface area (Å²) in [6.07, 6.45) is -14.5. The van der Waals surface area contributed by atoms with Gasteiger partial charge in [0.2, 0.25) is 0 Å². The molecule has 0 aliphatic carbocycles.